The van der Waals surface area contributed by atoms with Gasteiger partial charge >= 0.3 is 6.09 Å². The number of nitrogens with one attached hydrogen (secondary N) is 1. The largest absolute Gasteiger partial charge is 0.493 e. The second-order valence-corrected chi connectivity index (χ2v) is 14.6. The number of nitrogens with zero attached hydrogens (tertiary/aromatic N) is 2. The van der Waals surface area contributed by atoms with Crippen molar-refractivity contribution in [1.82, 2.24) is 15.1 Å². The van der Waals surface area contributed by atoms with E-state index >= 15 is 0 Å². The van der Waals surface area contributed by atoms with Crippen molar-refractivity contribution >= 4 is 21.8 Å². The van der Waals surface area contributed by atoms with Gasteiger partial charge in [0.15, 0.2) is 21.3 Å². The van der Waals surface area contributed by atoms with Crippen molar-refractivity contribution in [2.75, 3.05) is 46.7 Å². The zero-order valence-electron chi connectivity index (χ0n) is 26.1. The topological polar surface area (TPSA) is 114 Å². The summed E-state index contributed by atoms with van der Waals surface area (Å²) < 4.78 is 40.0. The van der Waals surface area contributed by atoms with Crippen molar-refractivity contribution in [2.24, 2.45) is 5.41 Å². The van der Waals surface area contributed by atoms with Gasteiger partial charge in [0.1, 0.15) is 5.60 Å². The third kappa shape index (κ3) is 8.20. The van der Waals surface area contributed by atoms with Crippen LogP contribution in [-0.2, 0) is 25.9 Å². The molecule has 0 aliphatic carbocycles. The van der Waals surface area contributed by atoms with E-state index in [1.807, 2.05) is 43.9 Å². The Bertz CT molecular complexity index is 1400. The number of methoxy groups -OCH3 is 2. The lowest BCUT2D eigenvalue weighted by atomic mass is 9.77. The van der Waals surface area contributed by atoms with Crippen LogP contribution in [-0.4, -0.2) is 82.5 Å². The summed E-state index contributed by atoms with van der Waals surface area (Å²) in [6.45, 7) is 9.04. The third-order valence-corrected chi connectivity index (χ3v) is 9.50. The molecule has 0 bridgehead atoms. The van der Waals surface area contributed by atoms with E-state index in [9.17, 15) is 18.0 Å². The number of carbonyl (C=O) groups excluding carboxylic acids is 2. The Hall–Kier alpha value is -3.31. The first-order chi connectivity index (χ1) is 20.2. The highest BCUT2D eigenvalue weighted by atomic mass is 32.2. The van der Waals surface area contributed by atoms with Crippen LogP contribution < -0.4 is 14.8 Å². The molecule has 1 N–H and O–H groups in total. The van der Waals surface area contributed by atoms with Gasteiger partial charge in [0.05, 0.1) is 30.6 Å². The van der Waals surface area contributed by atoms with Gasteiger partial charge in [-0.1, -0.05) is 18.2 Å². The molecule has 10 nitrogen and oxygen atoms in total. The van der Waals surface area contributed by atoms with Crippen LogP contribution in [0, 0.1) is 5.41 Å². The Kier molecular flexibility index (Phi) is 9.96. The minimum Gasteiger partial charge on any atom is -0.493 e. The van der Waals surface area contributed by atoms with Crippen LogP contribution in [0.1, 0.15) is 63.6 Å². The Morgan fingerprint density at radius 1 is 0.977 bits per heavy atom. The molecule has 236 valence electrons. The molecule has 0 aromatic heterocycles. The molecule has 4 rings (SSSR count). The highest BCUT2D eigenvalue weighted by molar-refractivity contribution is 7.90. The summed E-state index contributed by atoms with van der Waals surface area (Å²) in [6, 6.07) is 12.1. The lowest BCUT2D eigenvalue weighted by molar-refractivity contribution is -0.138. The molecule has 43 heavy (non-hydrogen) atoms. The van der Waals surface area contributed by atoms with Crippen molar-refractivity contribution in [3.05, 3.63) is 53.6 Å². The van der Waals surface area contributed by atoms with Gasteiger partial charge in [0.2, 0.25) is 5.91 Å². The standard InChI is InChI=1S/C32H45N3O7S/c1-31(2,3)42-30(37)33-26(24-9-12-27(40-4)28(21-24)41-5)13-17-34-18-14-32(15-19-34)16-20-35(29(32)36)22-23-7-10-25(11-8-23)43(6,38)39/h7-12,21,26H,13-20,22H2,1-6H3,(H,33,37). The van der Waals surface area contributed by atoms with Crippen LogP contribution in [0.4, 0.5) is 4.79 Å². The van der Waals surface area contributed by atoms with Gasteiger partial charge in [0.25, 0.3) is 0 Å². The lowest BCUT2D eigenvalue weighted by Gasteiger charge is -2.38. The molecule has 2 aromatic carbocycles. The van der Waals surface area contributed by atoms with Crippen LogP contribution in [0.2, 0.25) is 0 Å². The Balaban J connectivity index is 1.36. The summed E-state index contributed by atoms with van der Waals surface area (Å²) in [5, 5.41) is 3.04. The third-order valence-electron chi connectivity index (χ3n) is 8.37. The lowest BCUT2D eigenvalue weighted by Crippen LogP contribution is -2.45. The zero-order valence-corrected chi connectivity index (χ0v) is 27.0. The van der Waals surface area contributed by atoms with Crippen LogP contribution >= 0.6 is 0 Å². The molecule has 0 radical (unpaired) electrons. The fourth-order valence-corrected chi connectivity index (χ4v) is 6.56. The Labute approximate surface area is 255 Å². The Morgan fingerprint density at radius 3 is 2.19 bits per heavy atom. The second-order valence-electron chi connectivity index (χ2n) is 12.6. The molecular formula is C32H45N3O7S. The fraction of sp³-hybridized carbons (Fsp3) is 0.562. The predicted octanol–water partition coefficient (Wildman–Crippen LogP) is 4.58. The van der Waals surface area contributed by atoms with Gasteiger partial charge < -0.3 is 29.3 Å². The van der Waals surface area contributed by atoms with Crippen molar-refractivity contribution in [3.63, 3.8) is 0 Å². The van der Waals surface area contributed by atoms with Crippen molar-refractivity contribution in [2.45, 2.75) is 69.5 Å². The van der Waals surface area contributed by atoms with E-state index in [4.69, 9.17) is 14.2 Å². The molecule has 2 amide bonds. The van der Waals surface area contributed by atoms with Gasteiger partial charge in [-0.2, -0.15) is 0 Å². The van der Waals surface area contributed by atoms with Crippen molar-refractivity contribution in [1.29, 1.82) is 0 Å². The van der Waals surface area contributed by atoms with Crippen molar-refractivity contribution < 1.29 is 32.2 Å². The quantitative estimate of drug-likeness (QED) is 0.413. The van der Waals surface area contributed by atoms with Crippen LogP contribution in [0.3, 0.4) is 0 Å². The molecule has 11 heteroatoms. The molecule has 0 saturated carbocycles. The minimum atomic E-state index is -3.25. The van der Waals surface area contributed by atoms with Crippen LogP contribution in [0.25, 0.3) is 0 Å². The first kappa shape index (κ1) is 32.6. The number of sulfone groups is 1. The number of benzene rings is 2. The second kappa shape index (κ2) is 13.1. The van der Waals surface area contributed by atoms with E-state index in [-0.39, 0.29) is 22.3 Å². The maximum atomic E-state index is 13.5. The first-order valence-electron chi connectivity index (χ1n) is 14.8. The Morgan fingerprint density at radius 2 is 1.60 bits per heavy atom. The maximum absolute atomic E-state index is 13.5. The number of amides is 2. The van der Waals surface area contributed by atoms with Gasteiger partial charge in [-0.25, -0.2) is 13.2 Å². The number of alkyl carbamates (subject to hydrolysis) is 1. The molecular weight excluding hydrogens is 570 g/mol. The molecule has 1 atom stereocenters. The van der Waals surface area contributed by atoms with E-state index in [1.54, 1.807) is 38.5 Å². The number of ether oxygens (including phenoxy) is 3. The van der Waals surface area contributed by atoms with Gasteiger partial charge in [0, 0.05) is 25.9 Å². The number of likely N-dealkylation sites (tertiary alicyclic amines) is 2. The summed E-state index contributed by atoms with van der Waals surface area (Å²) in [5.41, 5.74) is 0.854. The summed E-state index contributed by atoms with van der Waals surface area (Å²) in [5.74, 6) is 1.39. The summed E-state index contributed by atoms with van der Waals surface area (Å²) in [6.07, 6.45) is 3.77. The normalized spacial score (nSPS) is 18.0. The van der Waals surface area contributed by atoms with Gasteiger partial charge in [-0.15, -0.1) is 0 Å². The summed E-state index contributed by atoms with van der Waals surface area (Å²) in [7, 11) is -0.0819. The predicted molar refractivity (Wildman–Crippen MR) is 164 cm³/mol. The fourth-order valence-electron chi connectivity index (χ4n) is 5.93. The number of hydrogen-bond donors (Lipinski definition) is 1. The summed E-state index contributed by atoms with van der Waals surface area (Å²) >= 11 is 0. The molecule has 2 fully saturated rings. The van der Waals surface area contributed by atoms with E-state index in [0.29, 0.717) is 31.0 Å². The van der Waals surface area contributed by atoms with Crippen molar-refractivity contribution in [3.8, 4) is 11.5 Å². The number of hydrogen-bond acceptors (Lipinski definition) is 8. The number of rotatable bonds is 10. The molecule has 2 aromatic rings. The molecule has 1 spiro atoms. The van der Waals surface area contributed by atoms with E-state index < -0.39 is 21.5 Å². The smallest absolute Gasteiger partial charge is 0.408 e. The van der Waals surface area contributed by atoms with Crippen LogP contribution in [0.15, 0.2) is 47.4 Å². The van der Waals surface area contributed by atoms with E-state index in [1.165, 1.54) is 6.26 Å². The number of carbonyl (C=O) groups is 2. The van der Waals surface area contributed by atoms with Gasteiger partial charge in [-0.05, 0) is 94.9 Å². The van der Waals surface area contributed by atoms with Crippen LogP contribution in [0.5, 0.6) is 11.5 Å². The molecule has 1 unspecified atom stereocenters. The molecule has 2 heterocycles. The number of piperidine rings is 1. The average Bonchev–Trinajstić information content (AvgIpc) is 3.24. The molecule has 2 aliphatic heterocycles. The SMILES string of the molecule is COc1ccc(C(CCN2CCC3(CC2)CCN(Cc2ccc(S(C)(=O)=O)cc2)C3=O)NC(=O)OC(C)(C)C)cc1OC. The van der Waals surface area contributed by atoms with Gasteiger partial charge in [-0.3, -0.25) is 4.79 Å². The summed E-state index contributed by atoms with van der Waals surface area (Å²) in [4.78, 5) is 30.8. The average molecular weight is 616 g/mol. The maximum Gasteiger partial charge on any atom is 0.408 e. The highest BCUT2D eigenvalue weighted by Crippen LogP contribution is 2.42. The molecule has 2 aliphatic rings. The molecule has 2 saturated heterocycles. The van der Waals surface area contributed by atoms with E-state index in [0.717, 1.165) is 50.0 Å². The van der Waals surface area contributed by atoms with E-state index in [2.05, 4.69) is 10.2 Å². The minimum absolute atomic E-state index is 0.189. The highest BCUT2D eigenvalue weighted by Gasteiger charge is 2.47. The zero-order chi connectivity index (χ0) is 31.4. The first-order valence-corrected chi connectivity index (χ1v) is 16.6. The monoisotopic (exact) mass is 615 g/mol.